The second kappa shape index (κ2) is 7.11. The number of carbonyl (C=O) groups is 1. The van der Waals surface area contributed by atoms with E-state index >= 15 is 0 Å². The molecule has 0 atom stereocenters. The van der Waals surface area contributed by atoms with Crippen molar-refractivity contribution in [1.82, 2.24) is 15.2 Å². The zero-order chi connectivity index (χ0) is 15.3. The summed E-state index contributed by atoms with van der Waals surface area (Å²) >= 11 is 0. The Labute approximate surface area is 130 Å². The number of carbonyl (C=O) groups excluding carboxylic acids is 1. The first-order chi connectivity index (χ1) is 10.8. The van der Waals surface area contributed by atoms with Gasteiger partial charge in [-0.05, 0) is 12.8 Å². The molecular formula is C15H24N4O3. The first-order valence-corrected chi connectivity index (χ1v) is 8.06. The minimum atomic E-state index is -0.263. The van der Waals surface area contributed by atoms with Gasteiger partial charge in [-0.2, -0.15) is 0 Å². The number of aromatic nitrogens is 1. The monoisotopic (exact) mass is 308 g/mol. The molecule has 22 heavy (non-hydrogen) atoms. The fourth-order valence-electron chi connectivity index (χ4n) is 3.52. The minimum absolute atomic E-state index is 0.0654. The average Bonchev–Trinajstić information content (AvgIpc) is 3.08. The molecule has 0 bridgehead atoms. The molecule has 7 heteroatoms. The van der Waals surface area contributed by atoms with Crippen LogP contribution in [0.5, 0.6) is 0 Å². The van der Waals surface area contributed by atoms with Crippen LogP contribution in [0.4, 0.5) is 10.8 Å². The van der Waals surface area contributed by atoms with Gasteiger partial charge in [0.15, 0.2) is 0 Å². The average molecular weight is 308 g/mol. The van der Waals surface area contributed by atoms with Crippen molar-refractivity contribution >= 4 is 12.0 Å². The zero-order valence-electron chi connectivity index (χ0n) is 12.8. The van der Waals surface area contributed by atoms with E-state index < -0.39 is 0 Å². The molecule has 1 aliphatic heterocycles. The summed E-state index contributed by atoms with van der Waals surface area (Å²) in [4.78, 5) is 18.4. The number of morpholine rings is 1. The van der Waals surface area contributed by atoms with Gasteiger partial charge in [0.1, 0.15) is 6.26 Å². The third-order valence-electron chi connectivity index (χ3n) is 4.70. The Morgan fingerprint density at radius 2 is 2.05 bits per heavy atom. The van der Waals surface area contributed by atoms with Crippen LogP contribution in [0.2, 0.25) is 0 Å². The van der Waals surface area contributed by atoms with Gasteiger partial charge in [0, 0.05) is 25.2 Å². The van der Waals surface area contributed by atoms with E-state index in [0.29, 0.717) is 6.54 Å². The highest BCUT2D eigenvalue weighted by Gasteiger charge is 2.38. The number of nitrogens with one attached hydrogen (secondary N) is 2. The molecule has 2 aliphatic rings. The van der Waals surface area contributed by atoms with Crippen LogP contribution in [0, 0.1) is 0 Å². The van der Waals surface area contributed by atoms with E-state index in [0.717, 1.165) is 39.1 Å². The summed E-state index contributed by atoms with van der Waals surface area (Å²) in [5, 5.41) is 5.61. The van der Waals surface area contributed by atoms with Gasteiger partial charge in [0.05, 0.1) is 19.4 Å². The SMILES string of the molecule is O=C(NCC1(N2CCOCC2)CCCCC1)Nc1ncco1. The minimum Gasteiger partial charge on any atom is -0.432 e. The van der Waals surface area contributed by atoms with Crippen molar-refractivity contribution < 1.29 is 13.9 Å². The van der Waals surface area contributed by atoms with Crippen molar-refractivity contribution in [3.63, 3.8) is 0 Å². The van der Waals surface area contributed by atoms with Gasteiger partial charge in [-0.1, -0.05) is 19.3 Å². The summed E-state index contributed by atoms with van der Waals surface area (Å²) in [5.74, 6) is 0. The van der Waals surface area contributed by atoms with Crippen LogP contribution in [0.3, 0.4) is 0 Å². The van der Waals surface area contributed by atoms with E-state index in [2.05, 4.69) is 20.5 Å². The summed E-state index contributed by atoms with van der Waals surface area (Å²) in [7, 11) is 0. The fourth-order valence-corrected chi connectivity index (χ4v) is 3.52. The van der Waals surface area contributed by atoms with Gasteiger partial charge in [0.25, 0.3) is 0 Å². The molecule has 1 saturated carbocycles. The van der Waals surface area contributed by atoms with Crippen molar-refractivity contribution in [3.8, 4) is 0 Å². The van der Waals surface area contributed by atoms with Crippen LogP contribution < -0.4 is 10.6 Å². The van der Waals surface area contributed by atoms with Gasteiger partial charge >= 0.3 is 12.0 Å². The first-order valence-electron chi connectivity index (χ1n) is 8.06. The molecule has 7 nitrogen and oxygen atoms in total. The Balaban J connectivity index is 1.58. The Bertz CT molecular complexity index is 465. The lowest BCUT2D eigenvalue weighted by Gasteiger charge is -2.48. The largest absolute Gasteiger partial charge is 0.432 e. The molecule has 1 saturated heterocycles. The molecule has 2 amide bonds. The molecule has 1 aromatic heterocycles. The first kappa shape index (κ1) is 15.3. The molecule has 0 spiro atoms. The molecule has 0 unspecified atom stereocenters. The van der Waals surface area contributed by atoms with Gasteiger partial charge in [-0.25, -0.2) is 9.78 Å². The molecule has 2 N–H and O–H groups in total. The Hall–Kier alpha value is -1.60. The molecule has 2 heterocycles. The van der Waals surface area contributed by atoms with Crippen molar-refractivity contribution in [3.05, 3.63) is 12.5 Å². The lowest BCUT2D eigenvalue weighted by molar-refractivity contribution is -0.0356. The highest BCUT2D eigenvalue weighted by molar-refractivity contribution is 5.86. The maximum absolute atomic E-state index is 12.0. The van der Waals surface area contributed by atoms with Gasteiger partial charge in [-0.15, -0.1) is 0 Å². The zero-order valence-corrected chi connectivity index (χ0v) is 12.8. The fraction of sp³-hybridized carbons (Fsp3) is 0.733. The molecule has 3 rings (SSSR count). The molecule has 122 valence electrons. The number of anilines is 1. The summed E-state index contributed by atoms with van der Waals surface area (Å²) in [6.45, 7) is 4.11. The van der Waals surface area contributed by atoms with E-state index in [9.17, 15) is 4.79 Å². The van der Waals surface area contributed by atoms with Crippen LogP contribution in [-0.2, 0) is 4.74 Å². The summed E-state index contributed by atoms with van der Waals surface area (Å²) in [6, 6.07) is -0.0396. The van der Waals surface area contributed by atoms with Crippen LogP contribution in [-0.4, -0.2) is 54.3 Å². The smallest absolute Gasteiger partial charge is 0.322 e. The highest BCUT2D eigenvalue weighted by Crippen LogP contribution is 2.33. The summed E-state index contributed by atoms with van der Waals surface area (Å²) in [6.07, 6.45) is 8.94. The van der Waals surface area contributed by atoms with Crippen molar-refractivity contribution in [2.75, 3.05) is 38.2 Å². The lowest BCUT2D eigenvalue weighted by Crippen LogP contribution is -2.60. The van der Waals surface area contributed by atoms with Crippen LogP contribution in [0.1, 0.15) is 32.1 Å². The van der Waals surface area contributed by atoms with Gasteiger partial charge < -0.3 is 14.5 Å². The second-order valence-corrected chi connectivity index (χ2v) is 6.03. The van der Waals surface area contributed by atoms with Gasteiger partial charge in [-0.3, -0.25) is 10.2 Å². The van der Waals surface area contributed by atoms with Gasteiger partial charge in [0.2, 0.25) is 0 Å². The van der Waals surface area contributed by atoms with E-state index in [1.54, 1.807) is 0 Å². The van der Waals surface area contributed by atoms with Crippen LogP contribution in [0.25, 0.3) is 0 Å². The second-order valence-electron chi connectivity index (χ2n) is 6.03. The number of hydrogen-bond acceptors (Lipinski definition) is 5. The van der Waals surface area contributed by atoms with E-state index in [-0.39, 0.29) is 17.6 Å². The number of amides is 2. The molecular weight excluding hydrogens is 284 g/mol. The number of ether oxygens (including phenoxy) is 1. The van der Waals surface area contributed by atoms with Crippen molar-refractivity contribution in [1.29, 1.82) is 0 Å². The maximum atomic E-state index is 12.0. The number of hydrogen-bond donors (Lipinski definition) is 2. The third kappa shape index (κ3) is 3.59. The van der Waals surface area contributed by atoms with Crippen molar-refractivity contribution in [2.45, 2.75) is 37.6 Å². The topological polar surface area (TPSA) is 79.6 Å². The van der Waals surface area contributed by atoms with Crippen LogP contribution in [0.15, 0.2) is 16.9 Å². The predicted octanol–water partition coefficient (Wildman–Crippen LogP) is 1.83. The molecule has 1 aromatic rings. The molecule has 0 aromatic carbocycles. The third-order valence-corrected chi connectivity index (χ3v) is 4.70. The lowest BCUT2D eigenvalue weighted by atomic mass is 9.80. The normalized spacial score (nSPS) is 22.2. The number of oxazole rings is 1. The maximum Gasteiger partial charge on any atom is 0.322 e. The Morgan fingerprint density at radius 1 is 1.27 bits per heavy atom. The molecule has 0 radical (unpaired) electrons. The Morgan fingerprint density at radius 3 is 2.73 bits per heavy atom. The Kier molecular flexibility index (Phi) is 4.94. The van der Waals surface area contributed by atoms with Crippen LogP contribution >= 0.6 is 0 Å². The summed E-state index contributed by atoms with van der Waals surface area (Å²) < 4.78 is 10.5. The highest BCUT2D eigenvalue weighted by atomic mass is 16.5. The van der Waals surface area contributed by atoms with E-state index in [1.165, 1.54) is 31.7 Å². The number of rotatable bonds is 4. The number of nitrogens with zero attached hydrogens (tertiary/aromatic N) is 2. The quantitative estimate of drug-likeness (QED) is 0.887. The predicted molar refractivity (Wildman–Crippen MR) is 81.7 cm³/mol. The van der Waals surface area contributed by atoms with E-state index in [4.69, 9.17) is 9.15 Å². The molecule has 1 aliphatic carbocycles. The van der Waals surface area contributed by atoms with E-state index in [1.807, 2.05) is 0 Å². The summed E-state index contributed by atoms with van der Waals surface area (Å²) in [5.41, 5.74) is 0.0654. The standard InChI is InChI=1S/C15H24N4O3/c20-13(18-14-16-6-9-22-14)17-12-15(4-2-1-3-5-15)19-7-10-21-11-8-19/h6,9H,1-5,7-8,10-12H2,(H2,16,17,18,20). The number of urea groups is 1. The van der Waals surface area contributed by atoms with Crippen molar-refractivity contribution in [2.24, 2.45) is 0 Å². The molecule has 2 fully saturated rings.